The lowest BCUT2D eigenvalue weighted by Gasteiger charge is -1.99. The van der Waals surface area contributed by atoms with Gasteiger partial charge in [0.15, 0.2) is 0 Å². The number of hydrogen-bond acceptors (Lipinski definition) is 1. The fourth-order valence-electron chi connectivity index (χ4n) is 0.673. The molecule has 0 bridgehead atoms. The van der Waals surface area contributed by atoms with Crippen LogP contribution in [0.2, 0.25) is 0 Å². The maximum Gasteiger partial charge on any atom is 0.392 e. The van der Waals surface area contributed by atoms with Crippen LogP contribution < -0.4 is 0 Å². The minimum absolute atomic E-state index is 0. The number of aromatic amines is 1. The van der Waals surface area contributed by atoms with Gasteiger partial charge in [-0.25, -0.2) is 4.98 Å². The van der Waals surface area contributed by atoms with Crippen molar-refractivity contribution < 1.29 is 13.2 Å². The van der Waals surface area contributed by atoms with E-state index in [0.29, 0.717) is 5.82 Å². The molecule has 1 heterocycles. The largest absolute Gasteiger partial charge is 0.392 e. The number of nitrogens with zero attached hydrogens (tertiary/aromatic N) is 1. The summed E-state index contributed by atoms with van der Waals surface area (Å²) >= 11 is 0. The fraction of sp³-hybridized carbons (Fsp3) is 0.286. The summed E-state index contributed by atoms with van der Waals surface area (Å²) in [4.78, 5) is 6.38. The van der Waals surface area contributed by atoms with E-state index in [1.54, 1.807) is 6.20 Å². The summed E-state index contributed by atoms with van der Waals surface area (Å²) in [7, 11) is 0. The Hall–Kier alpha value is -0.910. The van der Waals surface area contributed by atoms with Crippen LogP contribution in [0.3, 0.4) is 0 Å². The van der Waals surface area contributed by atoms with Crippen molar-refractivity contribution in [2.24, 2.45) is 0 Å². The highest BCUT2D eigenvalue weighted by molar-refractivity contribution is 7.59. The Balaban J connectivity index is 0.00000144. The van der Waals surface area contributed by atoms with Crippen molar-refractivity contribution in [1.82, 2.24) is 9.97 Å². The minimum atomic E-state index is -4.14. The second kappa shape index (κ2) is 4.96. The molecular weight excluding hydrogens is 201 g/mol. The molecule has 0 aromatic carbocycles. The van der Waals surface area contributed by atoms with Crippen molar-refractivity contribution in [1.29, 1.82) is 0 Å². The van der Waals surface area contributed by atoms with Gasteiger partial charge in [-0.3, -0.25) is 0 Å². The number of imidazole rings is 1. The first-order chi connectivity index (χ1) is 5.58. The molecule has 1 aromatic heterocycles. The third-order valence-electron chi connectivity index (χ3n) is 1.14. The molecule has 2 nitrogen and oxygen atoms in total. The van der Waals surface area contributed by atoms with Gasteiger partial charge in [-0.05, 0) is 6.08 Å². The second-order valence-electron chi connectivity index (χ2n) is 2.20. The van der Waals surface area contributed by atoms with Gasteiger partial charge >= 0.3 is 6.18 Å². The zero-order valence-corrected chi connectivity index (χ0v) is 7.60. The maximum atomic E-state index is 11.6. The SMILES string of the molecule is FC(F)(F)CC=Cc1ncc[nH]1.S. The van der Waals surface area contributed by atoms with Gasteiger partial charge in [0.05, 0.1) is 6.42 Å². The first-order valence-corrected chi connectivity index (χ1v) is 3.30. The topological polar surface area (TPSA) is 28.7 Å². The van der Waals surface area contributed by atoms with Crippen LogP contribution in [0.5, 0.6) is 0 Å². The van der Waals surface area contributed by atoms with E-state index >= 15 is 0 Å². The number of H-pyrrole nitrogens is 1. The fourth-order valence-corrected chi connectivity index (χ4v) is 0.673. The molecule has 0 aliphatic carbocycles. The summed E-state index contributed by atoms with van der Waals surface area (Å²) in [6, 6.07) is 0. The van der Waals surface area contributed by atoms with E-state index < -0.39 is 12.6 Å². The van der Waals surface area contributed by atoms with Gasteiger partial charge in [0.2, 0.25) is 0 Å². The van der Waals surface area contributed by atoms with Gasteiger partial charge in [-0.2, -0.15) is 26.7 Å². The molecule has 0 spiro atoms. The van der Waals surface area contributed by atoms with Gasteiger partial charge in [0, 0.05) is 12.4 Å². The third kappa shape index (κ3) is 5.35. The van der Waals surface area contributed by atoms with E-state index in [0.717, 1.165) is 6.08 Å². The molecule has 0 fully saturated rings. The molecule has 0 unspecified atom stereocenters. The van der Waals surface area contributed by atoms with Gasteiger partial charge < -0.3 is 4.98 Å². The first-order valence-electron chi connectivity index (χ1n) is 3.30. The van der Waals surface area contributed by atoms with Crippen LogP contribution in [0, 0.1) is 0 Å². The Bertz CT molecular complexity index is 253. The molecule has 0 atom stereocenters. The molecule has 1 rings (SSSR count). The van der Waals surface area contributed by atoms with E-state index in [-0.39, 0.29) is 13.5 Å². The van der Waals surface area contributed by atoms with Crippen LogP contribution in [0.1, 0.15) is 12.2 Å². The summed E-state index contributed by atoms with van der Waals surface area (Å²) < 4.78 is 34.8. The van der Waals surface area contributed by atoms with Crippen molar-refractivity contribution in [2.75, 3.05) is 0 Å². The summed E-state index contributed by atoms with van der Waals surface area (Å²) in [5.41, 5.74) is 0. The predicted octanol–water partition coefficient (Wildman–Crippen LogP) is 2.49. The van der Waals surface area contributed by atoms with Crippen LogP contribution >= 0.6 is 13.5 Å². The second-order valence-corrected chi connectivity index (χ2v) is 2.20. The summed E-state index contributed by atoms with van der Waals surface area (Å²) in [5, 5.41) is 0. The van der Waals surface area contributed by atoms with E-state index in [9.17, 15) is 13.2 Å². The lowest BCUT2D eigenvalue weighted by atomic mass is 10.3. The van der Waals surface area contributed by atoms with Crippen LogP contribution in [-0.2, 0) is 0 Å². The molecule has 0 aliphatic heterocycles. The highest BCUT2D eigenvalue weighted by Gasteiger charge is 2.24. The molecule has 74 valence electrons. The van der Waals surface area contributed by atoms with Crippen molar-refractivity contribution in [3.05, 3.63) is 24.3 Å². The Kier molecular flexibility index (Phi) is 4.61. The molecule has 0 saturated heterocycles. The molecule has 13 heavy (non-hydrogen) atoms. The van der Waals surface area contributed by atoms with Gasteiger partial charge in [0.1, 0.15) is 5.82 Å². The number of alkyl halides is 3. The van der Waals surface area contributed by atoms with Crippen LogP contribution in [0.15, 0.2) is 18.5 Å². The molecule has 0 aliphatic rings. The molecule has 1 aromatic rings. The molecule has 6 heteroatoms. The molecule has 0 radical (unpaired) electrons. The number of halogens is 3. The van der Waals surface area contributed by atoms with E-state index in [1.165, 1.54) is 12.3 Å². The monoisotopic (exact) mass is 210 g/mol. The third-order valence-corrected chi connectivity index (χ3v) is 1.14. The lowest BCUT2D eigenvalue weighted by Crippen LogP contribution is -2.03. The molecule has 0 amide bonds. The van der Waals surface area contributed by atoms with E-state index in [1.807, 2.05) is 0 Å². The van der Waals surface area contributed by atoms with Crippen molar-refractivity contribution >= 4 is 19.6 Å². The predicted molar refractivity (Wildman–Crippen MR) is 48.7 cm³/mol. The van der Waals surface area contributed by atoms with Gasteiger partial charge in [-0.15, -0.1) is 0 Å². The molecule has 1 N–H and O–H groups in total. The lowest BCUT2D eigenvalue weighted by molar-refractivity contribution is -0.124. The Labute approximate surface area is 80.3 Å². The summed E-state index contributed by atoms with van der Waals surface area (Å²) in [6.45, 7) is 0. The summed E-state index contributed by atoms with van der Waals surface area (Å²) in [6.07, 6.45) is 0.295. The first kappa shape index (κ1) is 12.1. The minimum Gasteiger partial charge on any atom is -0.345 e. The standard InChI is InChI=1S/C7H7F3N2.H2S/c8-7(9,10)3-1-2-6-11-4-5-12-6;/h1-2,4-5H,3H2,(H,11,12);1H2. The quantitative estimate of drug-likeness (QED) is 0.798. The van der Waals surface area contributed by atoms with Crippen molar-refractivity contribution in [2.45, 2.75) is 12.6 Å². The maximum absolute atomic E-state index is 11.6. The number of nitrogens with one attached hydrogen (secondary N) is 1. The zero-order chi connectivity index (χ0) is 9.03. The zero-order valence-electron chi connectivity index (χ0n) is 6.60. The average molecular weight is 210 g/mol. The smallest absolute Gasteiger partial charge is 0.345 e. The summed E-state index contributed by atoms with van der Waals surface area (Å²) in [5.74, 6) is 0.430. The highest BCUT2D eigenvalue weighted by atomic mass is 32.1. The number of aromatic nitrogens is 2. The van der Waals surface area contributed by atoms with Gasteiger partial charge in [0.25, 0.3) is 0 Å². The normalized spacial score (nSPS) is 11.6. The number of allylic oxidation sites excluding steroid dienone is 1. The van der Waals surface area contributed by atoms with Crippen LogP contribution in [0.25, 0.3) is 6.08 Å². The number of rotatable bonds is 2. The molecule has 0 saturated carbocycles. The van der Waals surface area contributed by atoms with E-state index in [4.69, 9.17) is 0 Å². The van der Waals surface area contributed by atoms with Crippen molar-refractivity contribution in [3.63, 3.8) is 0 Å². The average Bonchev–Trinajstić information content (AvgIpc) is 2.36. The number of hydrogen-bond donors (Lipinski definition) is 1. The van der Waals surface area contributed by atoms with Crippen LogP contribution in [-0.4, -0.2) is 16.1 Å². The van der Waals surface area contributed by atoms with Crippen molar-refractivity contribution in [3.8, 4) is 0 Å². The van der Waals surface area contributed by atoms with E-state index in [2.05, 4.69) is 9.97 Å². The Morgan fingerprint density at radius 3 is 2.62 bits per heavy atom. The Morgan fingerprint density at radius 2 is 2.15 bits per heavy atom. The van der Waals surface area contributed by atoms with Gasteiger partial charge in [-0.1, -0.05) is 6.08 Å². The molecular formula is C7H9F3N2S. The Morgan fingerprint density at radius 1 is 1.46 bits per heavy atom. The highest BCUT2D eigenvalue weighted by Crippen LogP contribution is 2.19. The van der Waals surface area contributed by atoms with Crippen LogP contribution in [0.4, 0.5) is 13.2 Å².